The second-order valence-electron chi connectivity index (χ2n) is 6.73. The van der Waals surface area contributed by atoms with Crippen molar-refractivity contribution < 1.29 is 18.3 Å². The summed E-state index contributed by atoms with van der Waals surface area (Å²) in [6.07, 6.45) is 1.60. The van der Waals surface area contributed by atoms with Gasteiger partial charge in [0.2, 0.25) is 0 Å². The van der Waals surface area contributed by atoms with Crippen LogP contribution in [0.25, 0.3) is 0 Å². The maximum atomic E-state index is 13.2. The van der Waals surface area contributed by atoms with Crippen LogP contribution in [-0.2, 0) is 23.9 Å². The molecule has 4 nitrogen and oxygen atoms in total. The number of ether oxygens (including phenoxy) is 1. The molecule has 0 saturated heterocycles. The van der Waals surface area contributed by atoms with Gasteiger partial charge in [0.15, 0.2) is 0 Å². The normalized spacial score (nSPS) is 11.6. The number of nitrogens with zero attached hydrogens (tertiary/aromatic N) is 1. The van der Waals surface area contributed by atoms with Crippen LogP contribution in [0.1, 0.15) is 48.0 Å². The molecule has 1 aromatic heterocycles. The Morgan fingerprint density at radius 2 is 1.73 bits per heavy atom. The first kappa shape index (κ1) is 20.0. The van der Waals surface area contributed by atoms with Crippen molar-refractivity contribution in [2.75, 3.05) is 6.54 Å². The molecule has 0 aliphatic carbocycles. The molecule has 0 spiro atoms. The third-order valence-electron chi connectivity index (χ3n) is 3.73. The number of hydrogen-bond acceptors (Lipinski definition) is 3. The predicted molar refractivity (Wildman–Crippen MR) is 95.9 cm³/mol. The fraction of sp³-hybridized carbons (Fsp3) is 0.400. The Morgan fingerprint density at radius 3 is 2.27 bits per heavy atom. The van der Waals surface area contributed by atoms with Crippen molar-refractivity contribution in [3.63, 3.8) is 0 Å². The summed E-state index contributed by atoms with van der Waals surface area (Å²) in [7, 11) is 0. The Kier molecular flexibility index (Phi) is 6.80. The molecule has 0 unspecified atom stereocenters. The van der Waals surface area contributed by atoms with E-state index < -0.39 is 5.92 Å². The van der Waals surface area contributed by atoms with E-state index in [-0.39, 0.29) is 11.5 Å². The number of benzene rings is 1. The molecule has 1 amide bonds. The van der Waals surface area contributed by atoms with Crippen molar-refractivity contribution in [1.82, 2.24) is 10.3 Å². The minimum atomic E-state index is -2.84. The van der Waals surface area contributed by atoms with Gasteiger partial charge in [-0.2, -0.15) is 0 Å². The molecule has 2 aromatic rings. The first-order valence-electron chi connectivity index (χ1n) is 8.54. The first-order chi connectivity index (χ1) is 12.3. The fourth-order valence-corrected chi connectivity index (χ4v) is 2.21. The van der Waals surface area contributed by atoms with Crippen molar-refractivity contribution >= 4 is 5.91 Å². The van der Waals surface area contributed by atoms with E-state index in [1.54, 1.807) is 30.5 Å². The topological polar surface area (TPSA) is 51.2 Å². The molecule has 0 fully saturated rings. The second kappa shape index (κ2) is 8.85. The number of amides is 1. The van der Waals surface area contributed by atoms with Crippen LogP contribution >= 0.6 is 0 Å². The number of pyridine rings is 1. The smallest absolute Gasteiger partial charge is 0.270 e. The van der Waals surface area contributed by atoms with Crippen LogP contribution in [0.15, 0.2) is 42.6 Å². The molecule has 6 heteroatoms. The number of aromatic nitrogens is 1. The number of halogens is 2. The van der Waals surface area contributed by atoms with Crippen LogP contribution in [0.3, 0.4) is 0 Å². The third-order valence-corrected chi connectivity index (χ3v) is 3.73. The van der Waals surface area contributed by atoms with E-state index >= 15 is 0 Å². The van der Waals surface area contributed by atoms with Gasteiger partial charge in [-0.05, 0) is 23.1 Å². The van der Waals surface area contributed by atoms with Crippen molar-refractivity contribution in [3.05, 3.63) is 65.0 Å². The van der Waals surface area contributed by atoms with Crippen molar-refractivity contribution in [3.8, 4) is 0 Å². The number of rotatable bonds is 8. The maximum absolute atomic E-state index is 13.2. The monoisotopic (exact) mass is 362 g/mol. The van der Waals surface area contributed by atoms with Crippen LogP contribution in [0, 0.1) is 5.92 Å². The molecular weight excluding hydrogens is 338 g/mol. The summed E-state index contributed by atoms with van der Waals surface area (Å²) in [4.78, 5) is 16.0. The highest BCUT2D eigenvalue weighted by molar-refractivity contribution is 5.92. The van der Waals surface area contributed by atoms with Crippen LogP contribution in [0.2, 0.25) is 0 Å². The van der Waals surface area contributed by atoms with Gasteiger partial charge in [-0.25, -0.2) is 8.78 Å². The van der Waals surface area contributed by atoms with Gasteiger partial charge in [0.1, 0.15) is 5.69 Å². The van der Waals surface area contributed by atoms with E-state index in [0.717, 1.165) is 18.1 Å². The average Bonchev–Trinajstić information content (AvgIpc) is 2.60. The minimum Gasteiger partial charge on any atom is -0.372 e. The highest BCUT2D eigenvalue weighted by Gasteiger charge is 2.23. The Morgan fingerprint density at radius 1 is 1.12 bits per heavy atom. The number of alkyl halides is 2. The number of hydrogen-bond donors (Lipinski definition) is 1. The Bertz CT molecular complexity index is 708. The molecular formula is C20H24F2N2O2. The molecule has 0 saturated carbocycles. The van der Waals surface area contributed by atoms with E-state index in [1.165, 1.54) is 12.1 Å². The van der Waals surface area contributed by atoms with Gasteiger partial charge in [0, 0.05) is 25.2 Å². The minimum absolute atomic E-state index is 0.0169. The fourth-order valence-electron chi connectivity index (χ4n) is 2.21. The largest absolute Gasteiger partial charge is 0.372 e. The van der Waals surface area contributed by atoms with Crippen molar-refractivity contribution in [1.29, 1.82) is 0 Å². The lowest BCUT2D eigenvalue weighted by molar-refractivity contribution is 0.0174. The summed E-state index contributed by atoms with van der Waals surface area (Å²) in [5.74, 6) is -2.66. The number of carbonyl (C=O) groups is 1. The summed E-state index contributed by atoms with van der Waals surface area (Å²) < 4.78 is 31.9. The molecule has 0 atom stereocenters. The quantitative estimate of drug-likeness (QED) is 0.762. The zero-order valence-corrected chi connectivity index (χ0v) is 15.3. The Balaban J connectivity index is 1.82. The van der Waals surface area contributed by atoms with Crippen LogP contribution < -0.4 is 5.32 Å². The van der Waals surface area contributed by atoms with Crippen molar-refractivity contribution in [2.45, 2.75) is 39.9 Å². The summed E-state index contributed by atoms with van der Waals surface area (Å²) >= 11 is 0. The summed E-state index contributed by atoms with van der Waals surface area (Å²) in [5, 5.41) is 2.81. The predicted octanol–water partition coefficient (Wildman–Crippen LogP) is 4.30. The van der Waals surface area contributed by atoms with E-state index in [2.05, 4.69) is 10.3 Å². The average molecular weight is 362 g/mol. The summed E-state index contributed by atoms with van der Waals surface area (Å²) in [5.41, 5.74) is 2.00. The molecule has 0 aliphatic heterocycles. The molecule has 2 rings (SSSR count). The van der Waals surface area contributed by atoms with Gasteiger partial charge in [0.05, 0.1) is 13.2 Å². The number of nitrogens with one attached hydrogen (secondary N) is 1. The van der Waals surface area contributed by atoms with E-state index in [1.807, 2.05) is 13.8 Å². The molecule has 1 N–H and O–H groups in total. The SMILES string of the molecule is CC(C)CNC(=O)c1ccc(COCc2ccc(C(C)(F)F)cc2)cn1. The molecule has 26 heavy (non-hydrogen) atoms. The van der Waals surface area contributed by atoms with Crippen LogP contribution in [-0.4, -0.2) is 17.4 Å². The molecule has 0 radical (unpaired) electrons. The lowest BCUT2D eigenvalue weighted by atomic mass is 10.1. The van der Waals surface area contributed by atoms with E-state index in [4.69, 9.17) is 4.74 Å². The zero-order valence-electron chi connectivity index (χ0n) is 15.3. The van der Waals surface area contributed by atoms with Gasteiger partial charge >= 0.3 is 0 Å². The Labute approximate surface area is 152 Å². The molecule has 1 heterocycles. The number of carbonyl (C=O) groups excluding carboxylic acids is 1. The van der Waals surface area contributed by atoms with E-state index in [9.17, 15) is 13.6 Å². The molecule has 0 aliphatic rings. The summed E-state index contributed by atoms with van der Waals surface area (Å²) in [6, 6.07) is 9.53. The lowest BCUT2D eigenvalue weighted by Crippen LogP contribution is -2.28. The standard InChI is InChI=1S/C20H24F2N2O2/c1-14(2)10-24-19(25)18-9-6-16(11-23-18)13-26-12-15-4-7-17(8-5-15)20(3,21)22/h4-9,11,14H,10,12-13H2,1-3H3,(H,24,25). The van der Waals surface area contributed by atoms with Crippen LogP contribution in [0.4, 0.5) is 8.78 Å². The Hall–Kier alpha value is -2.34. The second-order valence-corrected chi connectivity index (χ2v) is 6.73. The van der Waals surface area contributed by atoms with Crippen LogP contribution in [0.5, 0.6) is 0 Å². The third kappa shape index (κ3) is 6.19. The molecule has 1 aromatic carbocycles. The molecule has 140 valence electrons. The highest BCUT2D eigenvalue weighted by Crippen LogP contribution is 2.26. The van der Waals surface area contributed by atoms with E-state index in [0.29, 0.717) is 31.4 Å². The highest BCUT2D eigenvalue weighted by atomic mass is 19.3. The summed E-state index contributed by atoms with van der Waals surface area (Å²) in [6.45, 7) is 6.16. The zero-order chi connectivity index (χ0) is 19.2. The van der Waals surface area contributed by atoms with Gasteiger partial charge in [-0.3, -0.25) is 9.78 Å². The molecule has 0 bridgehead atoms. The van der Waals surface area contributed by atoms with Gasteiger partial charge in [-0.15, -0.1) is 0 Å². The maximum Gasteiger partial charge on any atom is 0.270 e. The van der Waals surface area contributed by atoms with Gasteiger partial charge in [-0.1, -0.05) is 44.2 Å². The first-order valence-corrected chi connectivity index (χ1v) is 8.54. The lowest BCUT2D eigenvalue weighted by Gasteiger charge is -2.11. The van der Waals surface area contributed by atoms with Gasteiger partial charge in [0.25, 0.3) is 11.8 Å². The van der Waals surface area contributed by atoms with Gasteiger partial charge < -0.3 is 10.1 Å². The van der Waals surface area contributed by atoms with Crippen molar-refractivity contribution in [2.24, 2.45) is 5.92 Å².